The summed E-state index contributed by atoms with van der Waals surface area (Å²) < 4.78 is 23.7. The molecule has 2 aromatic rings. The largest absolute Gasteiger partial charge is 0.494 e. The number of unbranched alkanes of at least 4 members (excludes halogenated alkanes) is 3. The maximum Gasteiger partial charge on any atom is 0.343 e. The summed E-state index contributed by atoms with van der Waals surface area (Å²) in [5.41, 5.74) is 0.472. The average Bonchev–Trinajstić information content (AvgIpc) is 2.86. The van der Waals surface area contributed by atoms with E-state index in [0.29, 0.717) is 24.5 Å². The van der Waals surface area contributed by atoms with Gasteiger partial charge in [0, 0.05) is 0 Å². The van der Waals surface area contributed by atoms with Crippen molar-refractivity contribution in [2.75, 3.05) is 13.2 Å². The van der Waals surface area contributed by atoms with Crippen LogP contribution in [0.25, 0.3) is 0 Å². The van der Waals surface area contributed by atoms with Gasteiger partial charge in [-0.05, 0) is 98.8 Å². The van der Waals surface area contributed by atoms with Gasteiger partial charge in [-0.25, -0.2) is 4.79 Å². The number of carbonyl (C=O) groups is 1. The monoisotopic (exact) mass is 540 g/mol. The molecule has 202 valence electrons. The summed E-state index contributed by atoms with van der Waals surface area (Å²) in [6, 6.07) is 15.2. The van der Waals surface area contributed by atoms with Gasteiger partial charge in [-0.3, -0.25) is 0 Å². The van der Waals surface area contributed by atoms with Gasteiger partial charge in [-0.15, -0.1) is 0 Å². The normalized spacial score (nSPS) is 11.6. The molecule has 0 bridgehead atoms. The number of ether oxygens (including phenoxy) is 3. The molecule has 0 spiro atoms. The van der Waals surface area contributed by atoms with E-state index in [1.165, 1.54) is 19.3 Å². The van der Waals surface area contributed by atoms with Gasteiger partial charge in [0.05, 0.1) is 18.8 Å². The first kappa shape index (κ1) is 30.6. The molecule has 0 N–H and O–H groups in total. The summed E-state index contributed by atoms with van der Waals surface area (Å²) >= 11 is 0. The first-order valence-corrected chi connectivity index (χ1v) is 19.3. The van der Waals surface area contributed by atoms with Gasteiger partial charge in [-0.2, -0.15) is 0 Å². The number of allylic oxidation sites excluding steroid dienone is 2. The predicted octanol–water partition coefficient (Wildman–Crippen LogP) is 8.34. The molecule has 2 rings (SSSR count). The minimum Gasteiger partial charge on any atom is -0.494 e. The molecule has 7 heteroatoms. The van der Waals surface area contributed by atoms with Gasteiger partial charge in [0.2, 0.25) is 8.32 Å². The number of hydrogen-bond donors (Lipinski definition) is 0. The Balaban J connectivity index is 1.75. The SMILES string of the molecule is C=CC(=C)[Si](C)(C)O[Si](C)(C)CCCOc1ccc(C(=O)Oc2ccc(OCCCCCC)cc2)cc1. The van der Waals surface area contributed by atoms with Gasteiger partial charge in [-0.1, -0.05) is 45.4 Å². The number of benzene rings is 2. The quantitative estimate of drug-likeness (QED) is 0.0663. The zero-order valence-corrected chi connectivity index (χ0v) is 25.3. The molecule has 0 saturated carbocycles. The molecule has 0 heterocycles. The smallest absolute Gasteiger partial charge is 0.343 e. The molecule has 0 aromatic heterocycles. The summed E-state index contributed by atoms with van der Waals surface area (Å²) in [6.45, 7) is 20.3. The fourth-order valence-corrected chi connectivity index (χ4v) is 11.9. The number of rotatable bonds is 17. The fraction of sp³-hybridized carbons (Fsp3) is 0.433. The van der Waals surface area contributed by atoms with Crippen LogP contribution in [0.1, 0.15) is 49.4 Å². The number of hydrogen-bond acceptors (Lipinski definition) is 5. The molecule has 2 aromatic carbocycles. The summed E-state index contributed by atoms with van der Waals surface area (Å²) in [7, 11) is -3.79. The van der Waals surface area contributed by atoms with E-state index in [2.05, 4.69) is 46.3 Å². The second kappa shape index (κ2) is 15.0. The lowest BCUT2D eigenvalue weighted by Crippen LogP contribution is -2.45. The highest BCUT2D eigenvalue weighted by molar-refractivity contribution is 6.89. The summed E-state index contributed by atoms with van der Waals surface area (Å²) in [5, 5.41) is 1.03. The topological polar surface area (TPSA) is 54.0 Å². The molecule has 0 radical (unpaired) electrons. The van der Waals surface area contributed by atoms with Crippen LogP contribution in [-0.2, 0) is 4.12 Å². The number of esters is 1. The highest BCUT2D eigenvalue weighted by Gasteiger charge is 2.33. The fourth-order valence-electron chi connectivity index (χ4n) is 3.92. The molecule has 0 amide bonds. The Kier molecular flexibility index (Phi) is 12.4. The second-order valence-electron chi connectivity index (χ2n) is 10.3. The minimum absolute atomic E-state index is 0.405. The van der Waals surface area contributed by atoms with Crippen molar-refractivity contribution < 1.29 is 23.1 Å². The molecule has 0 aliphatic rings. The first-order chi connectivity index (χ1) is 17.6. The van der Waals surface area contributed by atoms with Crippen molar-refractivity contribution in [2.45, 2.75) is 71.3 Å². The van der Waals surface area contributed by atoms with E-state index < -0.39 is 22.6 Å². The van der Waals surface area contributed by atoms with Gasteiger partial charge in [0.25, 0.3) is 0 Å². The van der Waals surface area contributed by atoms with Gasteiger partial charge >= 0.3 is 5.97 Å². The summed E-state index contributed by atoms with van der Waals surface area (Å²) in [4.78, 5) is 12.5. The Hall–Kier alpha value is -2.62. The van der Waals surface area contributed by atoms with Gasteiger partial charge in [0.1, 0.15) is 17.2 Å². The lowest BCUT2D eigenvalue weighted by atomic mass is 10.2. The highest BCUT2D eigenvalue weighted by Crippen LogP contribution is 2.25. The third-order valence-electron chi connectivity index (χ3n) is 6.13. The number of carbonyl (C=O) groups excluding carboxylic acids is 1. The molecule has 0 fully saturated rings. The molecule has 0 aliphatic heterocycles. The Morgan fingerprint density at radius 2 is 1.35 bits per heavy atom. The first-order valence-electron chi connectivity index (χ1n) is 13.3. The van der Waals surface area contributed by atoms with Crippen molar-refractivity contribution in [1.82, 2.24) is 0 Å². The van der Waals surface area contributed by atoms with E-state index in [1.54, 1.807) is 36.4 Å². The van der Waals surface area contributed by atoms with Crippen LogP contribution in [0.15, 0.2) is 73.0 Å². The third-order valence-corrected chi connectivity index (χ3v) is 13.7. The van der Waals surface area contributed by atoms with Crippen LogP contribution < -0.4 is 14.2 Å². The predicted molar refractivity (Wildman–Crippen MR) is 158 cm³/mol. The molecule has 0 aliphatic carbocycles. The highest BCUT2D eigenvalue weighted by atomic mass is 28.4. The maximum absolute atomic E-state index is 12.5. The van der Waals surface area contributed by atoms with Gasteiger partial charge in [0.15, 0.2) is 8.32 Å². The van der Waals surface area contributed by atoms with Crippen molar-refractivity contribution in [2.24, 2.45) is 0 Å². The van der Waals surface area contributed by atoms with Crippen LogP contribution >= 0.6 is 0 Å². The van der Waals surface area contributed by atoms with Crippen LogP contribution in [0.5, 0.6) is 17.2 Å². The van der Waals surface area contributed by atoms with Crippen molar-refractivity contribution >= 4 is 22.6 Å². The van der Waals surface area contributed by atoms with Crippen LogP contribution in [0.3, 0.4) is 0 Å². The van der Waals surface area contributed by atoms with E-state index in [9.17, 15) is 4.79 Å². The van der Waals surface area contributed by atoms with E-state index in [0.717, 1.165) is 35.6 Å². The Morgan fingerprint density at radius 3 is 1.92 bits per heavy atom. The standard InChI is InChI=1S/C30H44O5Si2/c1-8-10-11-12-22-32-28-18-20-29(21-19-28)34-30(31)26-14-16-27(17-15-26)33-23-13-24-36(4,5)35-37(6,7)25(3)9-2/h9,14-21H,2-3,8,10-13,22-24H2,1,4-7H3. The molecule has 37 heavy (non-hydrogen) atoms. The third kappa shape index (κ3) is 11.1. The molecular formula is C30H44O5Si2. The second-order valence-corrected chi connectivity index (χ2v) is 18.8. The average molecular weight is 541 g/mol. The summed E-state index contributed by atoms with van der Waals surface area (Å²) in [5.74, 6) is 1.59. The van der Waals surface area contributed by atoms with Crippen molar-refractivity contribution in [3.8, 4) is 17.2 Å². The van der Waals surface area contributed by atoms with Crippen LogP contribution in [-0.4, -0.2) is 35.8 Å². The van der Waals surface area contributed by atoms with Crippen molar-refractivity contribution in [3.63, 3.8) is 0 Å². The maximum atomic E-state index is 12.5. The van der Waals surface area contributed by atoms with E-state index >= 15 is 0 Å². The molecule has 0 atom stereocenters. The Morgan fingerprint density at radius 1 is 0.811 bits per heavy atom. The van der Waals surface area contributed by atoms with Crippen molar-refractivity contribution in [3.05, 3.63) is 78.5 Å². The molecular weight excluding hydrogens is 496 g/mol. The lowest BCUT2D eigenvalue weighted by Gasteiger charge is -2.34. The van der Waals surface area contributed by atoms with Crippen LogP contribution in [0, 0.1) is 0 Å². The van der Waals surface area contributed by atoms with E-state index in [1.807, 2.05) is 18.2 Å². The Labute approximate surface area is 225 Å². The van der Waals surface area contributed by atoms with Crippen LogP contribution in [0.4, 0.5) is 0 Å². The molecule has 0 saturated heterocycles. The lowest BCUT2D eigenvalue weighted by molar-refractivity contribution is 0.0734. The molecule has 0 unspecified atom stereocenters. The van der Waals surface area contributed by atoms with E-state index in [-0.39, 0.29) is 0 Å². The minimum atomic E-state index is -1.97. The molecule has 5 nitrogen and oxygen atoms in total. The van der Waals surface area contributed by atoms with Crippen molar-refractivity contribution in [1.29, 1.82) is 0 Å². The summed E-state index contributed by atoms with van der Waals surface area (Å²) in [6.07, 6.45) is 7.39. The van der Waals surface area contributed by atoms with Crippen LogP contribution in [0.2, 0.25) is 32.2 Å². The van der Waals surface area contributed by atoms with Gasteiger partial charge < -0.3 is 18.3 Å². The zero-order valence-electron chi connectivity index (χ0n) is 23.3. The Bertz CT molecular complexity index is 998. The van der Waals surface area contributed by atoms with E-state index in [4.69, 9.17) is 18.3 Å². The zero-order chi connectivity index (χ0) is 27.3.